The van der Waals surface area contributed by atoms with Gasteiger partial charge < -0.3 is 0 Å². The third-order valence-corrected chi connectivity index (χ3v) is 2.41. The molecule has 0 amide bonds. The number of ketones is 1. The number of carbonyl (C=O) groups is 1. The van der Waals surface area contributed by atoms with Crippen molar-refractivity contribution in [3.63, 3.8) is 0 Å². The zero-order chi connectivity index (χ0) is 10.0. The zero-order valence-electron chi connectivity index (χ0n) is 6.77. The van der Waals surface area contributed by atoms with E-state index in [1.165, 1.54) is 13.0 Å². The second-order valence-corrected chi connectivity index (χ2v) is 3.24. The Morgan fingerprint density at radius 2 is 2.23 bits per heavy atom. The van der Waals surface area contributed by atoms with Gasteiger partial charge in [0.05, 0.1) is 0 Å². The lowest BCUT2D eigenvalue weighted by Crippen LogP contribution is -1.97. The van der Waals surface area contributed by atoms with E-state index in [4.69, 9.17) is 5.26 Å². The Labute approximate surface area is 83.1 Å². The van der Waals surface area contributed by atoms with Crippen LogP contribution >= 0.6 is 15.9 Å². The second kappa shape index (κ2) is 3.67. The van der Waals surface area contributed by atoms with Gasteiger partial charge in [-0.05, 0) is 35.0 Å². The van der Waals surface area contributed by atoms with Crippen molar-refractivity contribution >= 4 is 21.7 Å². The predicted molar refractivity (Wildman–Crippen MR) is 48.8 cm³/mol. The third kappa shape index (κ3) is 1.76. The molecular formula is C9H5BrFNO. The summed E-state index contributed by atoms with van der Waals surface area (Å²) in [5.41, 5.74) is 0.186. The highest BCUT2D eigenvalue weighted by Gasteiger charge is 2.13. The van der Waals surface area contributed by atoms with Gasteiger partial charge in [-0.3, -0.25) is 4.79 Å². The molecule has 0 saturated carbocycles. The fourth-order valence-electron chi connectivity index (χ4n) is 0.927. The minimum atomic E-state index is -0.626. The smallest absolute Gasteiger partial charge is 0.160 e. The van der Waals surface area contributed by atoms with Crippen molar-refractivity contribution in [2.24, 2.45) is 0 Å². The Balaban J connectivity index is 3.47. The maximum Gasteiger partial charge on any atom is 0.160 e. The van der Waals surface area contributed by atoms with Crippen molar-refractivity contribution < 1.29 is 9.18 Å². The van der Waals surface area contributed by atoms with Gasteiger partial charge in [-0.15, -0.1) is 0 Å². The van der Waals surface area contributed by atoms with Crippen molar-refractivity contribution in [2.45, 2.75) is 6.92 Å². The molecule has 0 spiro atoms. The number of nitrogens with zero attached hydrogens (tertiary/aromatic N) is 1. The van der Waals surface area contributed by atoms with Crippen molar-refractivity contribution in [1.82, 2.24) is 0 Å². The van der Waals surface area contributed by atoms with E-state index < -0.39 is 5.82 Å². The van der Waals surface area contributed by atoms with Gasteiger partial charge >= 0.3 is 0 Å². The molecule has 66 valence electrons. The van der Waals surface area contributed by atoms with Gasteiger partial charge in [0.15, 0.2) is 5.78 Å². The second-order valence-electron chi connectivity index (χ2n) is 2.45. The largest absolute Gasteiger partial charge is 0.294 e. The van der Waals surface area contributed by atoms with Gasteiger partial charge in [-0.2, -0.15) is 5.26 Å². The van der Waals surface area contributed by atoms with Crippen LogP contribution in [0.3, 0.4) is 0 Å². The van der Waals surface area contributed by atoms with Crippen LogP contribution in [0.1, 0.15) is 22.8 Å². The summed E-state index contributed by atoms with van der Waals surface area (Å²) in [6, 6.07) is 4.15. The number of rotatable bonds is 1. The topological polar surface area (TPSA) is 40.9 Å². The summed E-state index contributed by atoms with van der Waals surface area (Å²) in [6.07, 6.45) is 0. The Morgan fingerprint density at radius 1 is 1.62 bits per heavy atom. The minimum absolute atomic E-state index is 0.132. The number of carbonyl (C=O) groups excluding carboxylic acids is 1. The van der Waals surface area contributed by atoms with Crippen LogP contribution in [0, 0.1) is 17.1 Å². The molecule has 2 nitrogen and oxygen atoms in total. The Morgan fingerprint density at radius 3 is 2.69 bits per heavy atom. The van der Waals surface area contributed by atoms with E-state index in [0.717, 1.165) is 6.07 Å². The standard InChI is InChI=1S/C9H5BrFNO/c1-5(13)6-2-3-8(11)7(4-12)9(6)10/h2-3H,1H3. The first-order chi connectivity index (χ1) is 6.07. The molecule has 0 aliphatic heterocycles. The molecule has 0 unspecified atom stereocenters. The molecule has 0 heterocycles. The first kappa shape index (κ1) is 9.87. The first-order valence-electron chi connectivity index (χ1n) is 3.47. The molecule has 0 aliphatic rings. The van der Waals surface area contributed by atoms with Crippen LogP contribution < -0.4 is 0 Å². The molecule has 1 rings (SSSR count). The molecule has 1 aromatic rings. The maximum atomic E-state index is 12.9. The van der Waals surface area contributed by atoms with Crippen LogP contribution in [0.15, 0.2) is 16.6 Å². The minimum Gasteiger partial charge on any atom is -0.294 e. The lowest BCUT2D eigenvalue weighted by atomic mass is 10.1. The highest BCUT2D eigenvalue weighted by molar-refractivity contribution is 9.10. The molecule has 0 N–H and O–H groups in total. The molecule has 0 saturated heterocycles. The van der Waals surface area contributed by atoms with Crippen LogP contribution in [-0.4, -0.2) is 5.78 Å². The van der Waals surface area contributed by atoms with Gasteiger partial charge in [0, 0.05) is 10.0 Å². The molecule has 0 aliphatic carbocycles. The normalized spacial score (nSPS) is 9.38. The number of halogens is 2. The van der Waals surface area contributed by atoms with Crippen LogP contribution in [0.4, 0.5) is 4.39 Å². The summed E-state index contributed by atoms with van der Waals surface area (Å²) in [5, 5.41) is 8.57. The molecular weight excluding hydrogens is 237 g/mol. The summed E-state index contributed by atoms with van der Waals surface area (Å²) in [7, 11) is 0. The average molecular weight is 242 g/mol. The molecule has 0 fully saturated rings. The first-order valence-corrected chi connectivity index (χ1v) is 4.26. The molecule has 0 radical (unpaired) electrons. The summed E-state index contributed by atoms with van der Waals surface area (Å²) in [5.74, 6) is -0.831. The Hall–Kier alpha value is -1.21. The van der Waals surface area contributed by atoms with Gasteiger partial charge in [0.1, 0.15) is 17.4 Å². The van der Waals surface area contributed by atoms with E-state index in [1.54, 1.807) is 6.07 Å². The Bertz CT molecular complexity index is 409. The molecule has 13 heavy (non-hydrogen) atoms. The zero-order valence-corrected chi connectivity index (χ0v) is 8.35. The van der Waals surface area contributed by atoms with E-state index >= 15 is 0 Å². The van der Waals surface area contributed by atoms with Crippen molar-refractivity contribution in [3.05, 3.63) is 33.5 Å². The van der Waals surface area contributed by atoms with E-state index in [0.29, 0.717) is 5.56 Å². The average Bonchev–Trinajstić information content (AvgIpc) is 2.04. The van der Waals surface area contributed by atoms with Crippen LogP contribution in [0.2, 0.25) is 0 Å². The number of Topliss-reactive ketones (excluding diaryl/α,β-unsaturated/α-hetero) is 1. The van der Waals surface area contributed by atoms with E-state index in [2.05, 4.69) is 15.9 Å². The van der Waals surface area contributed by atoms with Crippen molar-refractivity contribution in [3.8, 4) is 6.07 Å². The molecule has 1 aromatic carbocycles. The van der Waals surface area contributed by atoms with E-state index in [1.807, 2.05) is 0 Å². The van der Waals surface area contributed by atoms with Gasteiger partial charge in [0.25, 0.3) is 0 Å². The predicted octanol–water partition coefficient (Wildman–Crippen LogP) is 2.66. The van der Waals surface area contributed by atoms with Crippen molar-refractivity contribution in [1.29, 1.82) is 5.26 Å². The van der Waals surface area contributed by atoms with Crippen LogP contribution in [0.5, 0.6) is 0 Å². The van der Waals surface area contributed by atoms with Crippen LogP contribution in [-0.2, 0) is 0 Å². The summed E-state index contributed by atoms with van der Waals surface area (Å²) < 4.78 is 13.2. The number of benzene rings is 1. The van der Waals surface area contributed by atoms with Crippen molar-refractivity contribution in [2.75, 3.05) is 0 Å². The van der Waals surface area contributed by atoms with Crippen LogP contribution in [0.25, 0.3) is 0 Å². The fourth-order valence-corrected chi connectivity index (χ4v) is 1.62. The number of hydrogen-bond donors (Lipinski definition) is 0. The lowest BCUT2D eigenvalue weighted by Gasteiger charge is -2.02. The summed E-state index contributed by atoms with van der Waals surface area (Å²) in [6.45, 7) is 1.36. The number of hydrogen-bond acceptors (Lipinski definition) is 2. The van der Waals surface area contributed by atoms with Gasteiger partial charge in [-0.1, -0.05) is 0 Å². The molecule has 0 aromatic heterocycles. The number of nitriles is 1. The molecule has 0 bridgehead atoms. The van der Waals surface area contributed by atoms with E-state index in [-0.39, 0.29) is 15.8 Å². The quantitative estimate of drug-likeness (QED) is 0.710. The summed E-state index contributed by atoms with van der Waals surface area (Å²) in [4.78, 5) is 11.0. The molecule has 4 heteroatoms. The summed E-state index contributed by atoms with van der Waals surface area (Å²) >= 11 is 3.01. The van der Waals surface area contributed by atoms with E-state index in [9.17, 15) is 9.18 Å². The SMILES string of the molecule is CC(=O)c1ccc(F)c(C#N)c1Br. The van der Waals surface area contributed by atoms with Gasteiger partial charge in [0.2, 0.25) is 0 Å². The lowest BCUT2D eigenvalue weighted by molar-refractivity contribution is 0.101. The Kier molecular flexibility index (Phi) is 2.79. The highest BCUT2D eigenvalue weighted by atomic mass is 79.9. The highest BCUT2D eigenvalue weighted by Crippen LogP contribution is 2.24. The van der Waals surface area contributed by atoms with Gasteiger partial charge in [-0.25, -0.2) is 4.39 Å². The maximum absolute atomic E-state index is 12.9. The molecule has 0 atom stereocenters. The third-order valence-electron chi connectivity index (χ3n) is 1.58. The monoisotopic (exact) mass is 241 g/mol. The fraction of sp³-hybridized carbons (Fsp3) is 0.111.